The van der Waals surface area contributed by atoms with Crippen LogP contribution >= 0.6 is 0 Å². The summed E-state index contributed by atoms with van der Waals surface area (Å²) in [6.07, 6.45) is 6.64. The molecule has 0 amide bonds. The lowest BCUT2D eigenvalue weighted by molar-refractivity contribution is 0.415. The number of hydrogen-bond acceptors (Lipinski definition) is 3. The molecule has 0 fully saturated rings. The zero-order chi connectivity index (χ0) is 33.0. The summed E-state index contributed by atoms with van der Waals surface area (Å²) < 4.78 is 13.0. The number of ether oxygens (including phenoxy) is 2. The first kappa shape index (κ1) is 32.4. The summed E-state index contributed by atoms with van der Waals surface area (Å²) in [6.45, 7) is 0.309. The molecule has 4 nitrogen and oxygen atoms in total. The molecule has 0 spiro atoms. The zero-order valence-electron chi connectivity index (χ0n) is 27.4. The molecule has 0 bridgehead atoms. The second-order valence-electron chi connectivity index (χ2n) is 11.6. The topological polar surface area (TPSA) is 36.3 Å². The van der Waals surface area contributed by atoms with Crippen LogP contribution in [-0.4, -0.2) is 38.6 Å². The summed E-state index contributed by atoms with van der Waals surface area (Å²) in [4.78, 5) is 4.29. The van der Waals surface area contributed by atoms with E-state index in [-0.39, 0.29) is 0 Å². The van der Waals surface area contributed by atoms with E-state index in [2.05, 4.69) is 179 Å². The highest BCUT2D eigenvalue weighted by molar-refractivity contribution is 7.10. The van der Waals surface area contributed by atoms with Crippen LogP contribution in [0, 0.1) is 0 Å². The van der Waals surface area contributed by atoms with Gasteiger partial charge in [-0.05, 0) is 39.8 Å². The highest BCUT2D eigenvalue weighted by atomic mass is 28.3. The van der Waals surface area contributed by atoms with E-state index in [1.807, 2.05) is 18.7 Å². The maximum Gasteiger partial charge on any atom is 0.241 e. The van der Waals surface area contributed by atoms with Crippen LogP contribution in [0.4, 0.5) is 0 Å². The van der Waals surface area contributed by atoms with Crippen molar-refractivity contribution in [2.75, 3.05) is 14.2 Å². The van der Waals surface area contributed by atoms with Crippen LogP contribution in [0.5, 0.6) is 11.5 Å². The normalized spacial score (nSPS) is 10.8. The van der Waals surface area contributed by atoms with E-state index in [1.165, 1.54) is 31.9 Å². The van der Waals surface area contributed by atoms with E-state index in [9.17, 15) is 0 Å². The molecule has 0 unspecified atom stereocenters. The van der Waals surface area contributed by atoms with Gasteiger partial charge in [-0.1, -0.05) is 162 Å². The Morgan fingerprint density at radius 3 is 1.23 bits per heavy atom. The maximum absolute atomic E-state index is 5.41. The maximum atomic E-state index is 5.41. The Bertz CT molecular complexity index is 1800. The third kappa shape index (κ3) is 7.35. The third-order valence-corrected chi connectivity index (χ3v) is 13.6. The highest BCUT2D eigenvalue weighted by Crippen LogP contribution is 2.16. The number of imidazole rings is 1. The van der Waals surface area contributed by atoms with Gasteiger partial charge in [0.05, 0.1) is 20.5 Å². The Morgan fingerprint density at radius 2 is 0.875 bits per heavy atom. The Hall–Kier alpha value is -5.59. The molecule has 1 heterocycles. The third-order valence-electron chi connectivity index (χ3n) is 8.81. The molecule has 6 aromatic carbocycles. The molecule has 0 aliphatic carbocycles. The minimum absolute atomic E-state index is 0.309. The molecule has 7 rings (SSSR count). The van der Waals surface area contributed by atoms with Crippen LogP contribution in [0.1, 0.15) is 0 Å². The number of aromatic nitrogens is 2. The molecule has 48 heavy (non-hydrogen) atoms. The molecular weight excluding hydrogens is 603 g/mol. The average molecular weight is 643 g/mol. The molecule has 0 saturated carbocycles. The van der Waals surface area contributed by atoms with Crippen molar-refractivity contribution in [3.05, 3.63) is 189 Å². The molecule has 236 valence electrons. The lowest BCUT2D eigenvalue weighted by Crippen LogP contribution is -2.69. The molecule has 0 N–H and O–H groups in total. The molecule has 0 radical (unpaired) electrons. The summed E-state index contributed by atoms with van der Waals surface area (Å²) in [5.41, 5.74) is 4.00. The van der Waals surface area contributed by atoms with Gasteiger partial charge in [0, 0.05) is 18.6 Å². The molecule has 0 saturated heterocycles. The fourth-order valence-corrected chi connectivity index (χ4v) is 10.9. The first-order valence-corrected chi connectivity index (χ1v) is 18.4. The quantitative estimate of drug-likeness (QED) is 0.159. The van der Waals surface area contributed by atoms with Crippen molar-refractivity contribution < 1.29 is 9.47 Å². The van der Waals surface area contributed by atoms with E-state index in [4.69, 9.17) is 9.47 Å². The van der Waals surface area contributed by atoms with Gasteiger partial charge in [-0.2, -0.15) is 0 Å². The Labute approximate surface area is 285 Å². The van der Waals surface area contributed by atoms with E-state index >= 15 is 0 Å². The van der Waals surface area contributed by atoms with Crippen molar-refractivity contribution in [2.24, 2.45) is 0 Å². The zero-order valence-corrected chi connectivity index (χ0v) is 28.4. The minimum Gasteiger partial charge on any atom is -0.497 e. The SMILES string of the molecule is COc1ccc([Si](Cn2ccnc2)(c2ccccc2)c2ccc(OC)cc2)cc1.c1ccc(B(c2ccccc2)c2ccccc2)cc1. The van der Waals surface area contributed by atoms with Gasteiger partial charge >= 0.3 is 0 Å². The van der Waals surface area contributed by atoms with Crippen molar-refractivity contribution in [1.82, 2.24) is 9.55 Å². The number of rotatable bonds is 10. The Morgan fingerprint density at radius 1 is 0.500 bits per heavy atom. The van der Waals surface area contributed by atoms with Gasteiger partial charge in [0.25, 0.3) is 0 Å². The van der Waals surface area contributed by atoms with Gasteiger partial charge in [0.1, 0.15) is 11.5 Å². The molecule has 0 aliphatic heterocycles. The van der Waals surface area contributed by atoms with Crippen molar-refractivity contribution in [2.45, 2.75) is 6.17 Å². The van der Waals surface area contributed by atoms with Gasteiger partial charge in [-0.15, -0.1) is 0 Å². The molecular formula is C42H39BN2O2Si. The van der Waals surface area contributed by atoms with E-state index in [0.717, 1.165) is 17.7 Å². The van der Waals surface area contributed by atoms with Crippen LogP contribution in [-0.2, 0) is 6.17 Å². The molecule has 0 aliphatic rings. The van der Waals surface area contributed by atoms with Crippen LogP contribution in [0.25, 0.3) is 0 Å². The molecule has 7 aromatic rings. The lowest BCUT2D eigenvalue weighted by Gasteiger charge is -2.34. The molecule has 6 heteroatoms. The summed E-state index contributed by atoms with van der Waals surface area (Å²) >= 11 is 0. The second-order valence-corrected chi connectivity index (χ2v) is 15.5. The number of hydrogen-bond donors (Lipinski definition) is 0. The average Bonchev–Trinajstić information content (AvgIpc) is 3.69. The van der Waals surface area contributed by atoms with Crippen LogP contribution in [0.3, 0.4) is 0 Å². The largest absolute Gasteiger partial charge is 0.497 e. The van der Waals surface area contributed by atoms with Crippen molar-refractivity contribution >= 4 is 46.7 Å². The Kier molecular flexibility index (Phi) is 10.7. The van der Waals surface area contributed by atoms with Gasteiger partial charge in [0.2, 0.25) is 6.71 Å². The summed E-state index contributed by atoms with van der Waals surface area (Å²) in [5, 5.41) is 4.00. The number of methoxy groups -OCH3 is 2. The first-order valence-electron chi connectivity index (χ1n) is 16.2. The van der Waals surface area contributed by atoms with Crippen molar-refractivity contribution in [3.8, 4) is 11.5 Å². The predicted molar refractivity (Wildman–Crippen MR) is 203 cm³/mol. The van der Waals surface area contributed by atoms with Gasteiger partial charge in [0.15, 0.2) is 8.07 Å². The van der Waals surface area contributed by atoms with E-state index in [1.54, 1.807) is 14.2 Å². The van der Waals surface area contributed by atoms with E-state index in [0.29, 0.717) is 6.71 Å². The van der Waals surface area contributed by atoms with E-state index < -0.39 is 8.07 Å². The predicted octanol–water partition coefficient (Wildman–Crippen LogP) is 4.81. The van der Waals surface area contributed by atoms with Crippen LogP contribution in [0.2, 0.25) is 0 Å². The number of benzene rings is 6. The summed E-state index contributed by atoms with van der Waals surface area (Å²) in [5.74, 6) is 1.73. The Balaban J connectivity index is 0.000000182. The van der Waals surface area contributed by atoms with Crippen LogP contribution in [0.15, 0.2) is 189 Å². The molecule has 1 aromatic heterocycles. The standard InChI is InChI=1S/C24H24N2O2Si.C18H15B/c1-27-20-8-12-23(13-9-20)29(19-26-17-16-25-18-26,22-6-4-3-5-7-22)24-14-10-21(28-2)11-15-24;1-4-10-16(11-5-1)19(17-12-6-2-7-13-17)18-14-8-3-9-15-18/h3-18H,19H2,1-2H3;1-15H. The smallest absolute Gasteiger partial charge is 0.241 e. The summed E-state index contributed by atoms with van der Waals surface area (Å²) in [7, 11) is 1.01. The van der Waals surface area contributed by atoms with Gasteiger partial charge in [-0.3, -0.25) is 0 Å². The highest BCUT2D eigenvalue weighted by Gasteiger charge is 2.40. The van der Waals surface area contributed by atoms with Crippen molar-refractivity contribution in [1.29, 1.82) is 0 Å². The first-order chi connectivity index (χ1) is 23.7. The van der Waals surface area contributed by atoms with Crippen molar-refractivity contribution in [3.63, 3.8) is 0 Å². The van der Waals surface area contributed by atoms with Gasteiger partial charge < -0.3 is 14.0 Å². The molecule has 0 atom stereocenters. The fourth-order valence-electron chi connectivity index (χ4n) is 6.42. The number of nitrogens with zero attached hydrogens (tertiary/aromatic N) is 2. The van der Waals surface area contributed by atoms with Gasteiger partial charge in [-0.25, -0.2) is 4.98 Å². The second kappa shape index (κ2) is 15.8. The summed E-state index contributed by atoms with van der Waals surface area (Å²) in [6, 6.07) is 59.9. The monoisotopic (exact) mass is 642 g/mol. The minimum atomic E-state index is -2.39. The van der Waals surface area contributed by atoms with Crippen LogP contribution < -0.4 is 41.4 Å². The lowest BCUT2D eigenvalue weighted by atomic mass is 9.37. The fraction of sp³-hybridized carbons (Fsp3) is 0.0714.